The molecule has 0 aromatic carbocycles. The standard InChI is InChI=1S/C10H19N3O/c1-13(9-3-5-12-7-9)10(14)8-2-4-11-6-8/h8-9,11-12H,2-7H2,1H3/t8-,9?/m0/s1. The molecule has 14 heavy (non-hydrogen) atoms. The van der Waals surface area contributed by atoms with Gasteiger partial charge in [-0.3, -0.25) is 4.79 Å². The maximum Gasteiger partial charge on any atom is 0.227 e. The van der Waals surface area contributed by atoms with Crippen molar-refractivity contribution in [2.24, 2.45) is 5.92 Å². The Morgan fingerprint density at radius 2 is 1.93 bits per heavy atom. The Morgan fingerprint density at radius 3 is 2.50 bits per heavy atom. The number of rotatable bonds is 2. The van der Waals surface area contributed by atoms with Crippen molar-refractivity contribution >= 4 is 5.91 Å². The van der Waals surface area contributed by atoms with E-state index in [0.29, 0.717) is 11.9 Å². The van der Waals surface area contributed by atoms with Crippen molar-refractivity contribution in [3.05, 3.63) is 0 Å². The van der Waals surface area contributed by atoms with Crippen molar-refractivity contribution in [2.45, 2.75) is 18.9 Å². The number of nitrogens with zero attached hydrogens (tertiary/aromatic N) is 1. The third-order valence-electron chi connectivity index (χ3n) is 3.34. The van der Waals surface area contributed by atoms with Gasteiger partial charge in [0, 0.05) is 26.2 Å². The van der Waals surface area contributed by atoms with E-state index in [1.807, 2.05) is 11.9 Å². The zero-order valence-corrected chi connectivity index (χ0v) is 8.75. The third kappa shape index (κ3) is 1.91. The third-order valence-corrected chi connectivity index (χ3v) is 3.34. The van der Waals surface area contributed by atoms with Crippen molar-refractivity contribution in [3.63, 3.8) is 0 Å². The lowest BCUT2D eigenvalue weighted by Crippen LogP contribution is -2.42. The van der Waals surface area contributed by atoms with Crippen LogP contribution in [-0.4, -0.2) is 50.1 Å². The van der Waals surface area contributed by atoms with Crippen molar-refractivity contribution < 1.29 is 4.79 Å². The fourth-order valence-electron chi connectivity index (χ4n) is 2.30. The Hall–Kier alpha value is -0.610. The van der Waals surface area contributed by atoms with Crippen LogP contribution in [0.4, 0.5) is 0 Å². The molecule has 2 fully saturated rings. The van der Waals surface area contributed by atoms with Crippen LogP contribution in [0, 0.1) is 5.92 Å². The number of hydrogen-bond donors (Lipinski definition) is 2. The maximum atomic E-state index is 12.0. The number of carbonyl (C=O) groups excluding carboxylic acids is 1. The number of likely N-dealkylation sites (N-methyl/N-ethyl adjacent to an activating group) is 1. The molecule has 2 aliphatic heterocycles. The molecule has 2 heterocycles. The van der Waals surface area contributed by atoms with Gasteiger partial charge in [-0.15, -0.1) is 0 Å². The Labute approximate surface area is 85.0 Å². The lowest BCUT2D eigenvalue weighted by molar-refractivity contribution is -0.135. The first kappa shape index (κ1) is 9.93. The Morgan fingerprint density at radius 1 is 1.21 bits per heavy atom. The topological polar surface area (TPSA) is 44.4 Å². The predicted octanol–water partition coefficient (Wildman–Crippen LogP) is -0.584. The molecular formula is C10H19N3O. The highest BCUT2D eigenvalue weighted by atomic mass is 16.2. The lowest BCUT2D eigenvalue weighted by atomic mass is 10.1. The maximum absolute atomic E-state index is 12.0. The minimum Gasteiger partial charge on any atom is -0.341 e. The Balaban J connectivity index is 1.89. The molecule has 4 nitrogen and oxygen atoms in total. The molecule has 0 bridgehead atoms. The van der Waals surface area contributed by atoms with Gasteiger partial charge in [-0.2, -0.15) is 0 Å². The summed E-state index contributed by atoms with van der Waals surface area (Å²) in [5.41, 5.74) is 0. The van der Waals surface area contributed by atoms with Crippen LogP contribution < -0.4 is 10.6 Å². The summed E-state index contributed by atoms with van der Waals surface area (Å²) in [6.45, 7) is 3.87. The second-order valence-electron chi connectivity index (χ2n) is 4.29. The van der Waals surface area contributed by atoms with Crippen molar-refractivity contribution in [1.29, 1.82) is 0 Å². The van der Waals surface area contributed by atoms with Crippen LogP contribution in [0.25, 0.3) is 0 Å². The monoisotopic (exact) mass is 197 g/mol. The van der Waals surface area contributed by atoms with Crippen LogP contribution in [0.3, 0.4) is 0 Å². The van der Waals surface area contributed by atoms with Crippen LogP contribution in [0.2, 0.25) is 0 Å². The van der Waals surface area contributed by atoms with Crippen LogP contribution >= 0.6 is 0 Å². The Kier molecular flexibility index (Phi) is 3.03. The van der Waals surface area contributed by atoms with E-state index in [-0.39, 0.29) is 5.92 Å². The van der Waals surface area contributed by atoms with Gasteiger partial charge < -0.3 is 15.5 Å². The fourth-order valence-corrected chi connectivity index (χ4v) is 2.30. The second-order valence-corrected chi connectivity index (χ2v) is 4.29. The normalized spacial score (nSPS) is 32.1. The summed E-state index contributed by atoms with van der Waals surface area (Å²) in [5, 5.41) is 6.52. The van der Waals surface area contributed by atoms with Gasteiger partial charge in [0.15, 0.2) is 0 Å². The van der Waals surface area contributed by atoms with Gasteiger partial charge in [0.05, 0.1) is 5.92 Å². The molecule has 0 aromatic rings. The van der Waals surface area contributed by atoms with E-state index in [2.05, 4.69) is 10.6 Å². The van der Waals surface area contributed by atoms with Gasteiger partial charge in [0.25, 0.3) is 0 Å². The number of carbonyl (C=O) groups is 1. The molecule has 0 saturated carbocycles. The van der Waals surface area contributed by atoms with E-state index >= 15 is 0 Å². The number of nitrogens with one attached hydrogen (secondary N) is 2. The highest BCUT2D eigenvalue weighted by Gasteiger charge is 2.30. The average molecular weight is 197 g/mol. The quantitative estimate of drug-likeness (QED) is 0.622. The highest BCUT2D eigenvalue weighted by Crippen LogP contribution is 2.15. The number of hydrogen-bond acceptors (Lipinski definition) is 3. The molecule has 0 spiro atoms. The van der Waals surface area contributed by atoms with Crippen LogP contribution in [0.5, 0.6) is 0 Å². The van der Waals surface area contributed by atoms with Gasteiger partial charge in [0.2, 0.25) is 5.91 Å². The van der Waals surface area contributed by atoms with E-state index in [1.54, 1.807) is 0 Å². The molecule has 0 radical (unpaired) electrons. The summed E-state index contributed by atoms with van der Waals surface area (Å²) in [6, 6.07) is 0.420. The molecular weight excluding hydrogens is 178 g/mol. The molecule has 2 rings (SSSR count). The van der Waals surface area contributed by atoms with Crippen molar-refractivity contribution in [2.75, 3.05) is 33.2 Å². The molecule has 1 unspecified atom stereocenters. The molecule has 2 saturated heterocycles. The molecule has 2 aliphatic rings. The molecule has 0 aromatic heterocycles. The summed E-state index contributed by atoms with van der Waals surface area (Å²) >= 11 is 0. The van der Waals surface area contributed by atoms with E-state index in [4.69, 9.17) is 0 Å². The largest absolute Gasteiger partial charge is 0.341 e. The van der Waals surface area contributed by atoms with Gasteiger partial charge in [-0.05, 0) is 25.9 Å². The minimum atomic E-state index is 0.223. The fraction of sp³-hybridized carbons (Fsp3) is 0.900. The molecule has 80 valence electrons. The van der Waals surface area contributed by atoms with Gasteiger partial charge in [0.1, 0.15) is 0 Å². The first-order valence-corrected chi connectivity index (χ1v) is 5.47. The van der Waals surface area contributed by atoms with E-state index in [0.717, 1.165) is 39.0 Å². The summed E-state index contributed by atoms with van der Waals surface area (Å²) in [6.07, 6.45) is 2.10. The average Bonchev–Trinajstić information content (AvgIpc) is 2.87. The van der Waals surface area contributed by atoms with Crippen molar-refractivity contribution in [3.8, 4) is 0 Å². The van der Waals surface area contributed by atoms with Gasteiger partial charge >= 0.3 is 0 Å². The summed E-state index contributed by atoms with van der Waals surface area (Å²) in [4.78, 5) is 13.9. The molecule has 2 N–H and O–H groups in total. The minimum absolute atomic E-state index is 0.223. The van der Waals surface area contributed by atoms with E-state index < -0.39 is 0 Å². The van der Waals surface area contributed by atoms with E-state index in [1.165, 1.54) is 0 Å². The number of amides is 1. The van der Waals surface area contributed by atoms with Crippen LogP contribution in [0.1, 0.15) is 12.8 Å². The lowest BCUT2D eigenvalue weighted by Gasteiger charge is -2.26. The Bertz CT molecular complexity index is 207. The van der Waals surface area contributed by atoms with Gasteiger partial charge in [-0.25, -0.2) is 0 Å². The summed E-state index contributed by atoms with van der Waals surface area (Å²) in [5.74, 6) is 0.546. The van der Waals surface area contributed by atoms with Crippen LogP contribution in [0.15, 0.2) is 0 Å². The first-order valence-electron chi connectivity index (χ1n) is 5.47. The van der Waals surface area contributed by atoms with E-state index in [9.17, 15) is 4.79 Å². The molecule has 2 atom stereocenters. The highest BCUT2D eigenvalue weighted by molar-refractivity contribution is 5.79. The first-order chi connectivity index (χ1) is 6.79. The molecule has 0 aliphatic carbocycles. The summed E-state index contributed by atoms with van der Waals surface area (Å²) in [7, 11) is 1.94. The molecule has 4 heteroatoms. The zero-order chi connectivity index (χ0) is 9.97. The second kappa shape index (κ2) is 4.28. The zero-order valence-electron chi connectivity index (χ0n) is 8.75. The smallest absolute Gasteiger partial charge is 0.227 e. The van der Waals surface area contributed by atoms with Crippen molar-refractivity contribution in [1.82, 2.24) is 15.5 Å². The van der Waals surface area contributed by atoms with Gasteiger partial charge in [-0.1, -0.05) is 0 Å². The van der Waals surface area contributed by atoms with Crippen LogP contribution in [-0.2, 0) is 4.79 Å². The SMILES string of the molecule is CN(C(=O)[C@H]1CCNC1)C1CCNC1. The predicted molar refractivity (Wildman–Crippen MR) is 55.0 cm³/mol. The summed E-state index contributed by atoms with van der Waals surface area (Å²) < 4.78 is 0. The molecule has 1 amide bonds.